The number of furan rings is 1. The molecule has 2 aliphatic heterocycles. The summed E-state index contributed by atoms with van der Waals surface area (Å²) in [5.74, 6) is -0.269. The topological polar surface area (TPSA) is 65.8 Å². The monoisotopic (exact) mass is 395 g/mol. The minimum absolute atomic E-state index is 0.00281. The summed E-state index contributed by atoms with van der Waals surface area (Å²) in [6, 6.07) is 9.74. The molecule has 1 atom stereocenters. The normalized spacial score (nSPS) is 20.2. The number of hydrogen-bond acceptors (Lipinski definition) is 4. The largest absolute Gasteiger partial charge is 0.472 e. The molecule has 2 fully saturated rings. The fraction of sp³-hybridized carbons (Fsp3) is 0.478. The number of carbonyl (C=O) groups excluding carboxylic acids is 2. The Morgan fingerprint density at radius 3 is 2.52 bits per heavy atom. The lowest BCUT2D eigenvalue weighted by Crippen LogP contribution is -2.43. The molecule has 1 unspecified atom stereocenters. The van der Waals surface area contributed by atoms with Gasteiger partial charge in [-0.3, -0.25) is 9.59 Å². The maximum atomic E-state index is 13.0. The zero-order valence-electron chi connectivity index (χ0n) is 16.8. The number of benzene rings is 1. The van der Waals surface area contributed by atoms with Crippen molar-refractivity contribution in [1.29, 1.82) is 0 Å². The third kappa shape index (κ3) is 4.63. The van der Waals surface area contributed by atoms with Crippen LogP contribution in [0.5, 0.6) is 0 Å². The Kier molecular flexibility index (Phi) is 6.17. The van der Waals surface area contributed by atoms with E-state index in [9.17, 15) is 9.59 Å². The summed E-state index contributed by atoms with van der Waals surface area (Å²) in [6.07, 6.45) is 9.51. The Bertz CT molecular complexity index is 826. The number of amides is 2. The first-order chi connectivity index (χ1) is 14.2. The van der Waals surface area contributed by atoms with Crippen LogP contribution in [0.1, 0.15) is 48.9 Å². The highest BCUT2D eigenvalue weighted by Crippen LogP contribution is 2.29. The Morgan fingerprint density at radius 1 is 0.966 bits per heavy atom. The first-order valence-corrected chi connectivity index (χ1v) is 10.7. The zero-order chi connectivity index (χ0) is 20.1. The summed E-state index contributed by atoms with van der Waals surface area (Å²) in [6.45, 7) is 3.19. The van der Waals surface area contributed by atoms with Crippen LogP contribution < -0.4 is 10.2 Å². The summed E-state index contributed by atoms with van der Waals surface area (Å²) in [7, 11) is 0. The number of nitrogens with one attached hydrogen (secondary N) is 1. The van der Waals surface area contributed by atoms with Crippen molar-refractivity contribution in [3.05, 3.63) is 48.4 Å². The maximum Gasteiger partial charge on any atom is 0.257 e. The number of para-hydroxylation sites is 2. The van der Waals surface area contributed by atoms with E-state index in [4.69, 9.17) is 4.42 Å². The molecular weight excluding hydrogens is 366 g/mol. The maximum absolute atomic E-state index is 13.0. The summed E-state index contributed by atoms with van der Waals surface area (Å²) >= 11 is 0. The van der Waals surface area contributed by atoms with Crippen LogP contribution in [0.4, 0.5) is 11.4 Å². The molecule has 0 aliphatic carbocycles. The lowest BCUT2D eigenvalue weighted by atomic mass is 9.96. The first-order valence-electron chi connectivity index (χ1n) is 10.7. The van der Waals surface area contributed by atoms with E-state index in [1.54, 1.807) is 11.0 Å². The number of anilines is 2. The van der Waals surface area contributed by atoms with Crippen molar-refractivity contribution in [2.75, 3.05) is 36.4 Å². The number of likely N-dealkylation sites (tertiary alicyclic amines) is 1. The van der Waals surface area contributed by atoms with Crippen molar-refractivity contribution in [3.63, 3.8) is 0 Å². The van der Waals surface area contributed by atoms with Gasteiger partial charge in [-0.25, -0.2) is 0 Å². The van der Waals surface area contributed by atoms with Crippen LogP contribution in [0.15, 0.2) is 47.3 Å². The third-order valence-electron chi connectivity index (χ3n) is 5.96. The van der Waals surface area contributed by atoms with Gasteiger partial charge < -0.3 is 19.5 Å². The van der Waals surface area contributed by atoms with Gasteiger partial charge in [0.05, 0.1) is 29.1 Å². The number of piperidine rings is 1. The van der Waals surface area contributed by atoms with Gasteiger partial charge in [-0.2, -0.15) is 0 Å². The second-order valence-electron chi connectivity index (χ2n) is 8.01. The van der Waals surface area contributed by atoms with E-state index in [0.717, 1.165) is 37.3 Å². The van der Waals surface area contributed by atoms with Crippen molar-refractivity contribution in [1.82, 2.24) is 4.90 Å². The van der Waals surface area contributed by atoms with Crippen molar-refractivity contribution in [2.24, 2.45) is 5.92 Å². The van der Waals surface area contributed by atoms with Crippen LogP contribution in [-0.4, -0.2) is 42.9 Å². The smallest absolute Gasteiger partial charge is 0.257 e. The summed E-state index contributed by atoms with van der Waals surface area (Å²) in [4.78, 5) is 29.8. The molecule has 2 amide bonds. The highest BCUT2D eigenvalue weighted by molar-refractivity contribution is 5.97. The standard InChI is InChI=1S/C23H29N3O3/c27-22(18-8-7-14-26(16-18)23(28)19-11-15-29-17-19)24-20-9-3-4-10-21(20)25-12-5-1-2-6-13-25/h3-4,9-11,15,17-18H,1-2,5-8,12-14,16H2,(H,24,27). The van der Waals surface area contributed by atoms with E-state index >= 15 is 0 Å². The Labute approximate surface area is 171 Å². The molecule has 1 aromatic carbocycles. The molecule has 2 aliphatic rings. The predicted molar refractivity (Wildman–Crippen MR) is 113 cm³/mol. The van der Waals surface area contributed by atoms with Gasteiger partial charge in [0.2, 0.25) is 5.91 Å². The van der Waals surface area contributed by atoms with Crippen molar-refractivity contribution < 1.29 is 14.0 Å². The number of carbonyl (C=O) groups is 2. The van der Waals surface area contributed by atoms with Gasteiger partial charge in [-0.15, -0.1) is 0 Å². The van der Waals surface area contributed by atoms with E-state index in [2.05, 4.69) is 16.3 Å². The zero-order valence-corrected chi connectivity index (χ0v) is 16.8. The minimum Gasteiger partial charge on any atom is -0.472 e. The van der Waals surface area contributed by atoms with Crippen LogP contribution in [-0.2, 0) is 4.79 Å². The molecule has 6 heteroatoms. The Hall–Kier alpha value is -2.76. The average molecular weight is 396 g/mol. The van der Waals surface area contributed by atoms with E-state index < -0.39 is 0 Å². The van der Waals surface area contributed by atoms with Crippen molar-refractivity contribution in [2.45, 2.75) is 38.5 Å². The fourth-order valence-electron chi connectivity index (χ4n) is 4.35. The molecule has 0 saturated carbocycles. The lowest BCUT2D eigenvalue weighted by molar-refractivity contribution is -0.121. The van der Waals surface area contributed by atoms with Gasteiger partial charge in [0.25, 0.3) is 5.91 Å². The molecule has 4 rings (SSSR count). The molecule has 0 bridgehead atoms. The van der Waals surface area contributed by atoms with Crippen molar-refractivity contribution in [3.8, 4) is 0 Å². The molecular formula is C23H29N3O3. The summed E-state index contributed by atoms with van der Waals surface area (Å²) in [5.41, 5.74) is 2.51. The fourth-order valence-corrected chi connectivity index (χ4v) is 4.35. The molecule has 0 radical (unpaired) electrons. The van der Waals surface area contributed by atoms with Gasteiger partial charge in [-0.1, -0.05) is 25.0 Å². The molecule has 1 aromatic heterocycles. The molecule has 1 N–H and O–H groups in total. The first kappa shape index (κ1) is 19.6. The Morgan fingerprint density at radius 2 is 1.76 bits per heavy atom. The van der Waals surface area contributed by atoms with E-state index in [1.807, 2.05) is 18.2 Å². The summed E-state index contributed by atoms with van der Waals surface area (Å²) in [5, 5.41) is 3.16. The van der Waals surface area contributed by atoms with E-state index in [1.165, 1.54) is 38.2 Å². The van der Waals surface area contributed by atoms with Crippen LogP contribution >= 0.6 is 0 Å². The molecule has 154 valence electrons. The van der Waals surface area contributed by atoms with Crippen molar-refractivity contribution >= 4 is 23.2 Å². The molecule has 2 saturated heterocycles. The SMILES string of the molecule is O=C(Nc1ccccc1N1CCCCCC1)C1CCCN(C(=O)c2ccoc2)C1. The second-order valence-corrected chi connectivity index (χ2v) is 8.01. The van der Waals surface area contributed by atoms with Crippen LogP contribution in [0.2, 0.25) is 0 Å². The van der Waals surface area contributed by atoms with Crippen LogP contribution in [0.25, 0.3) is 0 Å². The lowest BCUT2D eigenvalue weighted by Gasteiger charge is -2.32. The second kappa shape index (κ2) is 9.16. The Balaban J connectivity index is 1.43. The number of nitrogens with zero attached hydrogens (tertiary/aromatic N) is 2. The average Bonchev–Trinajstić information content (AvgIpc) is 3.16. The molecule has 0 spiro atoms. The highest BCUT2D eigenvalue weighted by atomic mass is 16.3. The van der Waals surface area contributed by atoms with Gasteiger partial charge >= 0.3 is 0 Å². The molecule has 3 heterocycles. The molecule has 6 nitrogen and oxygen atoms in total. The highest BCUT2D eigenvalue weighted by Gasteiger charge is 2.30. The van der Waals surface area contributed by atoms with Gasteiger partial charge in [0.1, 0.15) is 6.26 Å². The van der Waals surface area contributed by atoms with Crippen LogP contribution in [0.3, 0.4) is 0 Å². The molecule has 2 aromatic rings. The number of hydrogen-bond donors (Lipinski definition) is 1. The van der Waals surface area contributed by atoms with E-state index in [-0.39, 0.29) is 17.7 Å². The van der Waals surface area contributed by atoms with Gasteiger partial charge in [-0.05, 0) is 43.9 Å². The molecule has 29 heavy (non-hydrogen) atoms. The van der Waals surface area contributed by atoms with Gasteiger partial charge in [0.15, 0.2) is 0 Å². The van der Waals surface area contributed by atoms with Crippen LogP contribution in [0, 0.1) is 5.92 Å². The third-order valence-corrected chi connectivity index (χ3v) is 5.96. The quantitative estimate of drug-likeness (QED) is 0.845. The predicted octanol–water partition coefficient (Wildman–Crippen LogP) is 4.15. The van der Waals surface area contributed by atoms with E-state index in [0.29, 0.717) is 18.7 Å². The number of rotatable bonds is 4. The summed E-state index contributed by atoms with van der Waals surface area (Å²) < 4.78 is 5.03. The van der Waals surface area contributed by atoms with Gasteiger partial charge in [0, 0.05) is 26.2 Å². The minimum atomic E-state index is -0.197.